The molecule has 2 aromatic heterocycles. The second kappa shape index (κ2) is 16.4. The van der Waals surface area contributed by atoms with Gasteiger partial charge in [-0.1, -0.05) is 31.2 Å². The summed E-state index contributed by atoms with van der Waals surface area (Å²) >= 11 is 0. The molecule has 50 heavy (non-hydrogen) atoms. The van der Waals surface area contributed by atoms with Crippen LogP contribution < -0.4 is 20.7 Å². The molecule has 2 fully saturated rings. The lowest BCUT2D eigenvalue weighted by Gasteiger charge is -2.34. The van der Waals surface area contributed by atoms with E-state index in [-0.39, 0.29) is 18.0 Å². The molecule has 12 heteroatoms. The number of carbonyl (C=O) groups excluding carboxylic acids is 2. The lowest BCUT2D eigenvalue weighted by Crippen LogP contribution is -2.47. The van der Waals surface area contributed by atoms with Crippen molar-refractivity contribution < 1.29 is 19.1 Å². The average Bonchev–Trinajstić information content (AvgIpc) is 3.57. The fourth-order valence-electron chi connectivity index (χ4n) is 6.92. The van der Waals surface area contributed by atoms with Crippen LogP contribution in [-0.2, 0) is 42.1 Å². The van der Waals surface area contributed by atoms with Gasteiger partial charge in [-0.25, -0.2) is 14.5 Å². The maximum Gasteiger partial charge on any atom is 0.315 e. The summed E-state index contributed by atoms with van der Waals surface area (Å²) in [5.74, 6) is 0.913. The number of piperazine rings is 1. The van der Waals surface area contributed by atoms with Gasteiger partial charge in [0.1, 0.15) is 5.75 Å². The number of pyridine rings is 1. The van der Waals surface area contributed by atoms with Crippen molar-refractivity contribution >= 4 is 28.7 Å². The predicted octanol–water partition coefficient (Wildman–Crippen LogP) is 4.94. The monoisotopic (exact) mass is 682 g/mol. The molecule has 4 heterocycles. The largest absolute Gasteiger partial charge is 0.496 e. The Morgan fingerprint density at radius 3 is 2.48 bits per heavy atom. The third kappa shape index (κ3) is 8.19. The number of carbonyl (C=O) groups is 2. The molecular weight excluding hydrogens is 632 g/mol. The Morgan fingerprint density at radius 2 is 1.76 bits per heavy atom. The molecule has 3 N–H and O–H groups in total. The molecule has 0 bridgehead atoms. The summed E-state index contributed by atoms with van der Waals surface area (Å²) in [5.41, 5.74) is 7.99. The molecule has 0 radical (unpaired) electrons. The van der Waals surface area contributed by atoms with Crippen LogP contribution in [0.15, 0.2) is 48.7 Å². The summed E-state index contributed by atoms with van der Waals surface area (Å²) in [7, 11) is 1.68. The van der Waals surface area contributed by atoms with Crippen LogP contribution in [0.4, 0.5) is 10.5 Å². The molecule has 3 amide bonds. The molecule has 266 valence electrons. The summed E-state index contributed by atoms with van der Waals surface area (Å²) in [6, 6.07) is 14.5. The Hall–Kier alpha value is -4.68. The van der Waals surface area contributed by atoms with Crippen LogP contribution in [0.1, 0.15) is 56.0 Å². The highest BCUT2D eigenvalue weighted by atomic mass is 16.5. The van der Waals surface area contributed by atoms with Gasteiger partial charge in [-0.15, -0.1) is 0 Å². The van der Waals surface area contributed by atoms with E-state index >= 15 is 0 Å². The standard InChI is InChI=1S/C38H50N8O4/c1-5-34-32(36(42-30-12-18-50-19-13-30)33-24-41-46(6-2)37(33)43-34)23-40-38(48)39-22-27-10-11-35(49-4)31(21-27)29-9-7-8-28(20-29)25-44-14-16-45(17-15-44)26(3)47/h7-11,20-21,24,30H,5-6,12-19,22-23,25H2,1-4H3,(H,42,43)(H2,39,40,48). The number of nitrogens with one attached hydrogen (secondary N) is 3. The van der Waals surface area contributed by atoms with Gasteiger partial charge in [-0.3, -0.25) is 9.69 Å². The minimum atomic E-state index is -0.252. The van der Waals surface area contributed by atoms with E-state index in [1.165, 1.54) is 5.56 Å². The number of fused-ring (bicyclic) bond motifs is 1. The molecule has 6 rings (SSSR count). The topological polar surface area (TPSA) is 126 Å². The van der Waals surface area contributed by atoms with E-state index in [1.807, 2.05) is 27.9 Å². The van der Waals surface area contributed by atoms with E-state index in [4.69, 9.17) is 14.5 Å². The number of amides is 3. The number of urea groups is 1. The number of hydrogen-bond donors (Lipinski definition) is 3. The molecule has 0 unspecified atom stereocenters. The van der Waals surface area contributed by atoms with Crippen LogP contribution >= 0.6 is 0 Å². The van der Waals surface area contributed by atoms with Gasteiger partial charge in [-0.2, -0.15) is 5.10 Å². The Morgan fingerprint density at radius 1 is 0.980 bits per heavy atom. The fraction of sp³-hybridized carbons (Fsp3) is 0.474. The third-order valence-electron chi connectivity index (χ3n) is 9.78. The summed E-state index contributed by atoms with van der Waals surface area (Å²) in [4.78, 5) is 34.2. The van der Waals surface area contributed by atoms with Gasteiger partial charge in [-0.05, 0) is 61.1 Å². The van der Waals surface area contributed by atoms with Gasteiger partial charge in [0, 0.05) is 95.4 Å². The first-order valence-corrected chi connectivity index (χ1v) is 17.8. The number of aromatic nitrogens is 3. The first-order chi connectivity index (χ1) is 24.4. The molecule has 0 saturated carbocycles. The minimum Gasteiger partial charge on any atom is -0.496 e. The quantitative estimate of drug-likeness (QED) is 0.192. The molecule has 0 atom stereocenters. The van der Waals surface area contributed by atoms with Crippen molar-refractivity contribution in [2.45, 2.75) is 72.3 Å². The van der Waals surface area contributed by atoms with Crippen molar-refractivity contribution in [3.63, 3.8) is 0 Å². The van der Waals surface area contributed by atoms with Crippen LogP contribution in [-0.4, -0.2) is 89.0 Å². The number of nitrogens with zero attached hydrogens (tertiary/aromatic N) is 5. The number of benzene rings is 2. The Labute approximate surface area is 294 Å². The molecule has 2 saturated heterocycles. The molecular formula is C38H50N8O4. The van der Waals surface area contributed by atoms with E-state index < -0.39 is 0 Å². The van der Waals surface area contributed by atoms with Gasteiger partial charge in [0.2, 0.25) is 5.91 Å². The molecule has 0 spiro atoms. The van der Waals surface area contributed by atoms with E-state index in [2.05, 4.69) is 70.1 Å². The van der Waals surface area contributed by atoms with Gasteiger partial charge in [0.15, 0.2) is 5.65 Å². The molecule has 4 aromatic rings. The van der Waals surface area contributed by atoms with Gasteiger partial charge >= 0.3 is 6.03 Å². The summed E-state index contributed by atoms with van der Waals surface area (Å²) in [5, 5.41) is 15.5. The number of hydrogen-bond acceptors (Lipinski definition) is 8. The van der Waals surface area contributed by atoms with E-state index in [0.29, 0.717) is 13.1 Å². The highest BCUT2D eigenvalue weighted by Gasteiger charge is 2.22. The maximum atomic E-state index is 13.2. The molecule has 2 aromatic carbocycles. The van der Waals surface area contributed by atoms with Gasteiger partial charge < -0.3 is 30.3 Å². The van der Waals surface area contributed by atoms with Crippen molar-refractivity contribution in [3.05, 3.63) is 71.0 Å². The Kier molecular flexibility index (Phi) is 11.5. The SMILES string of the molecule is CCc1nc2c(cnn2CC)c(NC2CCOCC2)c1CNC(=O)NCc1ccc(OC)c(-c2cccc(CN3CCN(C(C)=O)CC3)c2)c1. The highest BCUT2D eigenvalue weighted by Crippen LogP contribution is 2.33. The predicted molar refractivity (Wildman–Crippen MR) is 195 cm³/mol. The summed E-state index contributed by atoms with van der Waals surface area (Å²) in [6.45, 7) is 12.7. The second-order valence-corrected chi connectivity index (χ2v) is 13.0. The third-order valence-corrected chi connectivity index (χ3v) is 9.78. The van der Waals surface area contributed by atoms with E-state index in [1.54, 1.807) is 14.0 Å². The number of ether oxygens (including phenoxy) is 2. The number of methoxy groups -OCH3 is 1. The molecule has 2 aliphatic heterocycles. The van der Waals surface area contributed by atoms with E-state index in [0.717, 1.165) is 122 Å². The zero-order valence-corrected chi connectivity index (χ0v) is 29.8. The summed E-state index contributed by atoms with van der Waals surface area (Å²) in [6.07, 6.45) is 4.46. The van der Waals surface area contributed by atoms with E-state index in [9.17, 15) is 9.59 Å². The fourth-order valence-corrected chi connectivity index (χ4v) is 6.92. The van der Waals surface area contributed by atoms with Crippen LogP contribution in [0, 0.1) is 0 Å². The van der Waals surface area contributed by atoms with Crippen LogP contribution in [0.5, 0.6) is 5.75 Å². The van der Waals surface area contributed by atoms with Crippen molar-refractivity contribution in [2.75, 3.05) is 51.8 Å². The smallest absolute Gasteiger partial charge is 0.315 e. The number of anilines is 1. The lowest BCUT2D eigenvalue weighted by atomic mass is 9.99. The first-order valence-electron chi connectivity index (χ1n) is 17.8. The molecule has 12 nitrogen and oxygen atoms in total. The van der Waals surface area contributed by atoms with Crippen LogP contribution in [0.2, 0.25) is 0 Å². The zero-order valence-electron chi connectivity index (χ0n) is 29.8. The second-order valence-electron chi connectivity index (χ2n) is 13.0. The van der Waals surface area contributed by atoms with Crippen LogP contribution in [0.3, 0.4) is 0 Å². The van der Waals surface area contributed by atoms with Crippen molar-refractivity contribution in [1.82, 2.24) is 35.2 Å². The zero-order chi connectivity index (χ0) is 35.0. The maximum absolute atomic E-state index is 13.2. The van der Waals surface area contributed by atoms with Crippen molar-refractivity contribution in [2.24, 2.45) is 0 Å². The molecule has 0 aliphatic carbocycles. The highest BCUT2D eigenvalue weighted by molar-refractivity contribution is 5.92. The van der Waals surface area contributed by atoms with Gasteiger partial charge in [0.25, 0.3) is 0 Å². The average molecular weight is 683 g/mol. The Balaban J connectivity index is 1.13. The van der Waals surface area contributed by atoms with Crippen molar-refractivity contribution in [3.8, 4) is 16.9 Å². The Bertz CT molecular complexity index is 1790. The van der Waals surface area contributed by atoms with Crippen LogP contribution in [0.25, 0.3) is 22.2 Å². The van der Waals surface area contributed by atoms with Crippen molar-refractivity contribution in [1.29, 1.82) is 0 Å². The number of rotatable bonds is 12. The lowest BCUT2D eigenvalue weighted by molar-refractivity contribution is -0.130. The normalized spacial score (nSPS) is 15.6. The number of aryl methyl sites for hydroxylation is 2. The van der Waals surface area contributed by atoms with Gasteiger partial charge in [0.05, 0.1) is 24.4 Å². The summed E-state index contributed by atoms with van der Waals surface area (Å²) < 4.78 is 13.3. The molecule has 2 aliphatic rings. The first kappa shape index (κ1) is 35.2. The minimum absolute atomic E-state index is 0.138.